The zero-order chi connectivity index (χ0) is 14.0. The van der Waals surface area contributed by atoms with E-state index in [1.54, 1.807) is 6.07 Å². The molecule has 0 aromatic heterocycles. The van der Waals surface area contributed by atoms with Crippen LogP contribution in [0.4, 0.5) is 4.39 Å². The second kappa shape index (κ2) is 5.91. The molecule has 0 aliphatic rings. The molecule has 0 saturated heterocycles. The molecule has 0 aliphatic heterocycles. The van der Waals surface area contributed by atoms with Crippen LogP contribution in [0.25, 0.3) is 0 Å². The minimum atomic E-state index is -0.934. The molecule has 2 rings (SSSR count). The molecule has 0 heterocycles. The lowest BCUT2D eigenvalue weighted by Gasteiger charge is -2.10. The van der Waals surface area contributed by atoms with E-state index in [9.17, 15) is 9.18 Å². The van der Waals surface area contributed by atoms with E-state index < -0.39 is 5.38 Å². The van der Waals surface area contributed by atoms with Crippen molar-refractivity contribution < 1.29 is 9.18 Å². The Morgan fingerprint density at radius 2 is 1.68 bits per heavy atom. The first-order valence-corrected chi connectivity index (χ1v) is 6.57. The summed E-state index contributed by atoms with van der Waals surface area (Å²) in [6.07, 6.45) is 0. The van der Waals surface area contributed by atoms with Crippen molar-refractivity contribution in [3.8, 4) is 0 Å². The van der Waals surface area contributed by atoms with Gasteiger partial charge in [-0.2, -0.15) is 0 Å². The molecule has 1 atom stereocenters. The average Bonchev–Trinajstić information content (AvgIpc) is 2.41. The van der Waals surface area contributed by atoms with Gasteiger partial charge >= 0.3 is 0 Å². The Labute approximate surface area is 124 Å². The SMILES string of the molecule is O=C(c1cc(Cl)ccc1Cl)C(Cl)c1ccc(F)cc1. The van der Waals surface area contributed by atoms with Crippen molar-refractivity contribution >= 4 is 40.6 Å². The molecule has 0 saturated carbocycles. The Balaban J connectivity index is 2.33. The largest absolute Gasteiger partial charge is 0.292 e. The number of rotatable bonds is 3. The number of benzene rings is 2. The van der Waals surface area contributed by atoms with Crippen LogP contribution >= 0.6 is 34.8 Å². The molecule has 1 nitrogen and oxygen atoms in total. The predicted molar refractivity (Wildman–Crippen MR) is 75.8 cm³/mol. The lowest BCUT2D eigenvalue weighted by Crippen LogP contribution is -2.08. The second-order valence-electron chi connectivity index (χ2n) is 3.90. The molecule has 0 bridgehead atoms. The summed E-state index contributed by atoms with van der Waals surface area (Å²) in [6, 6.07) is 10.0. The van der Waals surface area contributed by atoms with Gasteiger partial charge in [0.1, 0.15) is 11.2 Å². The molecule has 0 amide bonds. The maximum atomic E-state index is 12.8. The van der Waals surface area contributed by atoms with Crippen LogP contribution in [0.2, 0.25) is 10.0 Å². The first kappa shape index (κ1) is 14.3. The zero-order valence-electron chi connectivity index (χ0n) is 9.54. The van der Waals surface area contributed by atoms with E-state index >= 15 is 0 Å². The third-order valence-corrected chi connectivity index (χ3v) is 3.60. The summed E-state index contributed by atoms with van der Waals surface area (Å²) >= 11 is 17.9. The molecule has 2 aromatic carbocycles. The third-order valence-electron chi connectivity index (χ3n) is 2.59. The van der Waals surface area contributed by atoms with Crippen molar-refractivity contribution in [2.45, 2.75) is 5.38 Å². The number of hydrogen-bond donors (Lipinski definition) is 0. The molecular weight excluding hydrogens is 310 g/mol. The first-order valence-electron chi connectivity index (χ1n) is 5.38. The van der Waals surface area contributed by atoms with Crippen LogP contribution in [0.3, 0.4) is 0 Å². The fourth-order valence-corrected chi connectivity index (χ4v) is 2.25. The number of alkyl halides is 1. The summed E-state index contributed by atoms with van der Waals surface area (Å²) in [5.41, 5.74) is 0.752. The maximum Gasteiger partial charge on any atom is 0.186 e. The molecule has 2 aromatic rings. The van der Waals surface area contributed by atoms with Gasteiger partial charge in [0.05, 0.1) is 5.02 Å². The van der Waals surface area contributed by atoms with Gasteiger partial charge in [-0.1, -0.05) is 35.3 Å². The maximum absolute atomic E-state index is 12.8. The molecule has 1 unspecified atom stereocenters. The minimum Gasteiger partial charge on any atom is -0.292 e. The van der Waals surface area contributed by atoms with Crippen molar-refractivity contribution in [3.63, 3.8) is 0 Å². The van der Waals surface area contributed by atoms with Gasteiger partial charge in [0, 0.05) is 10.6 Å². The Morgan fingerprint density at radius 1 is 1.05 bits per heavy atom. The number of carbonyl (C=O) groups excluding carboxylic acids is 1. The lowest BCUT2D eigenvalue weighted by atomic mass is 10.0. The highest BCUT2D eigenvalue weighted by Crippen LogP contribution is 2.30. The Hall–Kier alpha value is -1.09. The number of halogens is 4. The van der Waals surface area contributed by atoms with Crippen LogP contribution < -0.4 is 0 Å². The van der Waals surface area contributed by atoms with Crippen LogP contribution in [0.15, 0.2) is 42.5 Å². The Morgan fingerprint density at radius 3 is 2.32 bits per heavy atom. The minimum absolute atomic E-state index is 0.249. The van der Waals surface area contributed by atoms with E-state index in [2.05, 4.69) is 0 Å². The quantitative estimate of drug-likeness (QED) is 0.555. The van der Waals surface area contributed by atoms with Crippen molar-refractivity contribution in [2.75, 3.05) is 0 Å². The van der Waals surface area contributed by atoms with Crippen LogP contribution in [0, 0.1) is 5.82 Å². The topological polar surface area (TPSA) is 17.1 Å². The number of Topliss-reactive ketones (excluding diaryl/α,β-unsaturated/α-hetero) is 1. The summed E-state index contributed by atoms with van der Waals surface area (Å²) in [6.45, 7) is 0. The lowest BCUT2D eigenvalue weighted by molar-refractivity contribution is 0.0987. The van der Waals surface area contributed by atoms with Gasteiger partial charge < -0.3 is 0 Å². The van der Waals surface area contributed by atoms with Crippen LogP contribution in [-0.4, -0.2) is 5.78 Å². The Bertz CT molecular complexity index is 611. The Kier molecular flexibility index (Phi) is 4.46. The van der Waals surface area contributed by atoms with E-state index in [0.717, 1.165) is 0 Å². The smallest absolute Gasteiger partial charge is 0.186 e. The highest BCUT2D eigenvalue weighted by Gasteiger charge is 2.21. The van der Waals surface area contributed by atoms with Crippen LogP contribution in [0.5, 0.6) is 0 Å². The molecule has 5 heteroatoms. The van der Waals surface area contributed by atoms with Gasteiger partial charge in [-0.3, -0.25) is 4.79 Å². The van der Waals surface area contributed by atoms with Gasteiger partial charge in [-0.25, -0.2) is 4.39 Å². The molecule has 98 valence electrons. The van der Waals surface area contributed by atoms with Gasteiger partial charge in [0.2, 0.25) is 0 Å². The normalized spacial score (nSPS) is 12.2. The van der Waals surface area contributed by atoms with E-state index in [1.165, 1.54) is 36.4 Å². The molecule has 19 heavy (non-hydrogen) atoms. The highest BCUT2D eigenvalue weighted by molar-refractivity contribution is 6.40. The van der Waals surface area contributed by atoms with Crippen molar-refractivity contribution in [1.82, 2.24) is 0 Å². The van der Waals surface area contributed by atoms with Gasteiger partial charge in [-0.05, 0) is 35.9 Å². The zero-order valence-corrected chi connectivity index (χ0v) is 11.8. The highest BCUT2D eigenvalue weighted by atomic mass is 35.5. The second-order valence-corrected chi connectivity index (χ2v) is 5.18. The summed E-state index contributed by atoms with van der Waals surface area (Å²) < 4.78 is 12.8. The number of hydrogen-bond acceptors (Lipinski definition) is 1. The summed E-state index contributed by atoms with van der Waals surface area (Å²) in [5.74, 6) is -0.762. The van der Waals surface area contributed by atoms with E-state index in [-0.39, 0.29) is 22.2 Å². The first-order chi connectivity index (χ1) is 8.99. The predicted octanol–water partition coefficient (Wildman–Crippen LogP) is 5.30. The monoisotopic (exact) mass is 316 g/mol. The fourth-order valence-electron chi connectivity index (χ4n) is 1.61. The van der Waals surface area contributed by atoms with E-state index in [0.29, 0.717) is 10.6 Å². The third kappa shape index (κ3) is 3.27. The molecule has 0 spiro atoms. The van der Waals surface area contributed by atoms with Gasteiger partial charge in [0.25, 0.3) is 0 Å². The molecule has 0 fully saturated rings. The molecule has 0 radical (unpaired) electrons. The van der Waals surface area contributed by atoms with Crippen LogP contribution in [0.1, 0.15) is 21.3 Å². The summed E-state index contributed by atoms with van der Waals surface area (Å²) in [7, 11) is 0. The molecule has 0 N–H and O–H groups in total. The van der Waals surface area contributed by atoms with Crippen molar-refractivity contribution in [1.29, 1.82) is 0 Å². The van der Waals surface area contributed by atoms with E-state index in [4.69, 9.17) is 34.8 Å². The molecular formula is C14H8Cl3FO. The van der Waals surface area contributed by atoms with Crippen LogP contribution in [-0.2, 0) is 0 Å². The summed E-state index contributed by atoms with van der Waals surface area (Å²) in [5, 5.41) is -0.255. The number of carbonyl (C=O) groups is 1. The fraction of sp³-hybridized carbons (Fsp3) is 0.0714. The van der Waals surface area contributed by atoms with Gasteiger partial charge in [-0.15, -0.1) is 11.6 Å². The van der Waals surface area contributed by atoms with Crippen molar-refractivity contribution in [2.24, 2.45) is 0 Å². The summed E-state index contributed by atoms with van der Waals surface area (Å²) in [4.78, 5) is 12.2. The number of ketones is 1. The average molecular weight is 318 g/mol. The standard InChI is InChI=1S/C14H8Cl3FO/c15-9-3-6-12(16)11(7-9)14(19)13(17)8-1-4-10(18)5-2-8/h1-7,13H. The van der Waals surface area contributed by atoms with Crippen molar-refractivity contribution in [3.05, 3.63) is 69.5 Å². The molecule has 0 aliphatic carbocycles. The van der Waals surface area contributed by atoms with E-state index in [1.807, 2.05) is 0 Å². The van der Waals surface area contributed by atoms with Gasteiger partial charge in [0.15, 0.2) is 5.78 Å².